The largest absolute Gasteiger partial charge is 0.300 e. The number of nitrogens with one attached hydrogen (secondary N) is 1. The minimum Gasteiger partial charge on any atom is -0.300 e. The number of thiazole rings is 1. The van der Waals surface area contributed by atoms with Crippen molar-refractivity contribution in [3.63, 3.8) is 0 Å². The highest BCUT2D eigenvalue weighted by atomic mass is 32.1. The van der Waals surface area contributed by atoms with Gasteiger partial charge in [-0.15, -0.1) is 21.5 Å². The van der Waals surface area contributed by atoms with Crippen molar-refractivity contribution in [1.82, 2.24) is 15.2 Å². The number of carbonyl (C=O) groups is 1. The average molecular weight is 310 g/mol. The Hall–Kier alpha value is -1.34. The topological polar surface area (TPSA) is 67.8 Å². The van der Waals surface area contributed by atoms with Gasteiger partial charge in [-0.05, 0) is 19.8 Å². The first-order chi connectivity index (χ1) is 9.62. The zero-order valence-electron chi connectivity index (χ0n) is 11.8. The molecule has 1 amide bonds. The van der Waals surface area contributed by atoms with Crippen molar-refractivity contribution < 1.29 is 4.79 Å². The van der Waals surface area contributed by atoms with Gasteiger partial charge in [0.1, 0.15) is 5.01 Å². The van der Waals surface area contributed by atoms with Crippen molar-refractivity contribution in [3.05, 3.63) is 21.1 Å². The number of aryl methyl sites for hydroxylation is 1. The van der Waals surface area contributed by atoms with Crippen molar-refractivity contribution in [2.75, 3.05) is 5.32 Å². The number of amides is 1. The highest BCUT2D eigenvalue weighted by Crippen LogP contribution is 2.28. The zero-order chi connectivity index (χ0) is 14.5. The van der Waals surface area contributed by atoms with E-state index < -0.39 is 0 Å². The van der Waals surface area contributed by atoms with Crippen molar-refractivity contribution in [1.29, 1.82) is 0 Å². The summed E-state index contributed by atoms with van der Waals surface area (Å²) >= 11 is 3.01. The molecular weight excluding hydrogens is 292 g/mol. The lowest BCUT2D eigenvalue weighted by Gasteiger charge is -2.05. The fourth-order valence-electron chi connectivity index (χ4n) is 1.91. The van der Waals surface area contributed by atoms with Crippen LogP contribution < -0.4 is 5.32 Å². The minimum absolute atomic E-state index is 0.0949. The first-order valence-electron chi connectivity index (χ1n) is 6.66. The molecule has 0 aliphatic rings. The van der Waals surface area contributed by atoms with Gasteiger partial charge in [0.25, 0.3) is 0 Å². The molecule has 0 aliphatic heterocycles. The van der Waals surface area contributed by atoms with Gasteiger partial charge in [-0.3, -0.25) is 4.79 Å². The van der Waals surface area contributed by atoms with Crippen LogP contribution in [0.15, 0.2) is 5.38 Å². The fourth-order valence-corrected chi connectivity index (χ4v) is 3.54. The van der Waals surface area contributed by atoms with Gasteiger partial charge in [-0.1, -0.05) is 25.2 Å². The summed E-state index contributed by atoms with van der Waals surface area (Å²) in [4.78, 5) is 16.2. The van der Waals surface area contributed by atoms with E-state index in [1.807, 2.05) is 12.3 Å². The molecule has 0 unspecified atom stereocenters. The molecule has 2 aromatic rings. The molecule has 0 saturated heterocycles. The molecule has 1 N–H and O–H groups in total. The van der Waals surface area contributed by atoms with Gasteiger partial charge in [-0.25, -0.2) is 4.98 Å². The van der Waals surface area contributed by atoms with E-state index in [0.29, 0.717) is 11.0 Å². The molecule has 0 fully saturated rings. The van der Waals surface area contributed by atoms with Crippen LogP contribution in [0.25, 0.3) is 0 Å². The summed E-state index contributed by atoms with van der Waals surface area (Å²) in [6, 6.07) is 0. The van der Waals surface area contributed by atoms with Gasteiger partial charge in [0.2, 0.25) is 11.0 Å². The van der Waals surface area contributed by atoms with Crippen LogP contribution in [0.1, 0.15) is 48.3 Å². The number of aromatic nitrogens is 3. The molecule has 0 bridgehead atoms. The Morgan fingerprint density at radius 2 is 2.10 bits per heavy atom. The summed E-state index contributed by atoms with van der Waals surface area (Å²) in [7, 11) is 0. The molecule has 5 nitrogen and oxygen atoms in total. The van der Waals surface area contributed by atoms with Crippen molar-refractivity contribution in [2.45, 2.75) is 46.0 Å². The molecule has 108 valence electrons. The van der Waals surface area contributed by atoms with Crippen molar-refractivity contribution in [2.24, 2.45) is 0 Å². The van der Waals surface area contributed by atoms with E-state index in [0.717, 1.165) is 28.6 Å². The molecule has 2 heterocycles. The molecule has 0 atom stereocenters. The van der Waals surface area contributed by atoms with Crippen LogP contribution in [0.3, 0.4) is 0 Å². The summed E-state index contributed by atoms with van der Waals surface area (Å²) < 4.78 is 0. The molecule has 0 aliphatic carbocycles. The molecule has 20 heavy (non-hydrogen) atoms. The van der Waals surface area contributed by atoms with E-state index in [-0.39, 0.29) is 12.3 Å². The Morgan fingerprint density at radius 1 is 1.35 bits per heavy atom. The first-order valence-corrected chi connectivity index (χ1v) is 8.36. The van der Waals surface area contributed by atoms with Crippen LogP contribution in [-0.4, -0.2) is 21.1 Å². The van der Waals surface area contributed by atoms with Gasteiger partial charge in [0, 0.05) is 11.3 Å². The number of anilines is 1. The molecule has 2 rings (SSSR count). The van der Waals surface area contributed by atoms with Crippen molar-refractivity contribution in [3.8, 4) is 0 Å². The molecule has 2 aromatic heterocycles. The summed E-state index contributed by atoms with van der Waals surface area (Å²) in [5.41, 5.74) is 0.801. The van der Waals surface area contributed by atoms with E-state index in [4.69, 9.17) is 0 Å². The average Bonchev–Trinajstić information content (AvgIpc) is 3.01. The van der Waals surface area contributed by atoms with Crippen LogP contribution in [0.5, 0.6) is 0 Å². The third kappa shape index (κ3) is 3.83. The second-order valence-corrected chi connectivity index (χ2v) is 6.61. The number of nitrogens with zero attached hydrogens (tertiary/aromatic N) is 3. The van der Waals surface area contributed by atoms with Crippen LogP contribution in [0.2, 0.25) is 0 Å². The third-order valence-electron chi connectivity index (χ3n) is 3.03. The highest BCUT2D eigenvalue weighted by Gasteiger charge is 2.15. The van der Waals surface area contributed by atoms with E-state index in [1.165, 1.54) is 11.3 Å². The number of carbonyl (C=O) groups excluding carboxylic acids is 1. The summed E-state index contributed by atoms with van der Waals surface area (Å²) in [6.07, 6.45) is 2.36. The molecule has 0 radical (unpaired) electrons. The summed E-state index contributed by atoms with van der Waals surface area (Å²) in [6.45, 7) is 6.20. The Kier molecular flexibility index (Phi) is 5.19. The molecule has 0 spiro atoms. The van der Waals surface area contributed by atoms with Crippen LogP contribution in [0.4, 0.5) is 5.13 Å². The van der Waals surface area contributed by atoms with Gasteiger partial charge < -0.3 is 5.32 Å². The van der Waals surface area contributed by atoms with Gasteiger partial charge in [-0.2, -0.15) is 0 Å². The maximum absolute atomic E-state index is 11.9. The third-order valence-corrected chi connectivity index (χ3v) is 4.85. The maximum Gasteiger partial charge on any atom is 0.232 e. The molecule has 7 heteroatoms. The second-order valence-electron chi connectivity index (χ2n) is 4.54. The van der Waals surface area contributed by atoms with Crippen LogP contribution in [0, 0.1) is 6.92 Å². The molecule has 0 saturated carbocycles. The lowest BCUT2D eigenvalue weighted by molar-refractivity contribution is -0.115. The quantitative estimate of drug-likeness (QED) is 0.888. The molecular formula is C13H18N4OS2. The smallest absolute Gasteiger partial charge is 0.232 e. The number of hydrogen-bond donors (Lipinski definition) is 1. The molecule has 0 aromatic carbocycles. The normalized spacial score (nSPS) is 11.0. The Labute approximate surface area is 126 Å². The Morgan fingerprint density at radius 3 is 2.70 bits per heavy atom. The van der Waals surface area contributed by atoms with Gasteiger partial charge in [0.05, 0.1) is 17.1 Å². The lowest BCUT2D eigenvalue weighted by atomic mass is 10.1. The van der Waals surface area contributed by atoms with E-state index in [2.05, 4.69) is 34.3 Å². The Bertz CT molecular complexity index is 574. The predicted octanol–water partition coefficient (Wildman–Crippen LogP) is 3.39. The lowest BCUT2D eigenvalue weighted by Crippen LogP contribution is -2.14. The van der Waals surface area contributed by atoms with E-state index in [1.54, 1.807) is 11.3 Å². The summed E-state index contributed by atoms with van der Waals surface area (Å²) in [5.74, 6) is 0.335. The zero-order valence-corrected chi connectivity index (χ0v) is 13.5. The van der Waals surface area contributed by atoms with Gasteiger partial charge >= 0.3 is 0 Å². The highest BCUT2D eigenvalue weighted by molar-refractivity contribution is 7.15. The number of rotatable bonds is 6. The minimum atomic E-state index is -0.0949. The van der Waals surface area contributed by atoms with Crippen LogP contribution in [-0.2, 0) is 11.2 Å². The maximum atomic E-state index is 11.9. The van der Waals surface area contributed by atoms with Gasteiger partial charge in [0.15, 0.2) is 0 Å². The van der Waals surface area contributed by atoms with Crippen LogP contribution >= 0.6 is 22.7 Å². The summed E-state index contributed by atoms with van der Waals surface area (Å²) in [5, 5.41) is 15.4. The van der Waals surface area contributed by atoms with E-state index in [9.17, 15) is 4.79 Å². The monoisotopic (exact) mass is 310 g/mol. The second kappa shape index (κ2) is 6.90. The fraction of sp³-hybridized carbons (Fsp3) is 0.538. The predicted molar refractivity (Wildman–Crippen MR) is 82.4 cm³/mol. The first kappa shape index (κ1) is 15.1. The standard InChI is InChI=1S/C13H18N4OS2/c1-4-9(5-2)12-16-17-13(20-12)15-11(18)6-10-7-19-8(3)14-10/h7,9H,4-6H2,1-3H3,(H,15,17,18). The SMILES string of the molecule is CCC(CC)c1nnc(NC(=O)Cc2csc(C)n2)s1. The van der Waals surface area contributed by atoms with E-state index >= 15 is 0 Å². The number of hydrogen-bond acceptors (Lipinski definition) is 6. The Balaban J connectivity index is 1.94. The van der Waals surface area contributed by atoms with Crippen molar-refractivity contribution >= 4 is 33.7 Å².